The van der Waals surface area contributed by atoms with Crippen LogP contribution in [0.2, 0.25) is 0 Å². The van der Waals surface area contributed by atoms with Crippen molar-refractivity contribution in [2.45, 2.75) is 27.2 Å². The lowest BCUT2D eigenvalue weighted by molar-refractivity contribution is -0.139. The molecule has 1 N–H and O–H groups in total. The van der Waals surface area contributed by atoms with Crippen LogP contribution in [-0.2, 0) is 4.79 Å². The smallest absolute Gasteiger partial charge is 0.303 e. The summed E-state index contributed by atoms with van der Waals surface area (Å²) in [7, 11) is 0. The normalized spacial score (nSPS) is 9.10. The van der Waals surface area contributed by atoms with E-state index in [4.69, 9.17) is 5.11 Å². The van der Waals surface area contributed by atoms with Crippen LogP contribution in [0.1, 0.15) is 27.2 Å². The molecule has 2 nitrogen and oxygen atoms in total. The number of hydrogen-bond donors (Lipinski definition) is 1. The molecule has 0 fully saturated rings. The van der Waals surface area contributed by atoms with Gasteiger partial charge in [-0.3, -0.25) is 4.79 Å². The first-order valence-electron chi connectivity index (χ1n) is 2.63. The number of rotatable bonds is 1. The van der Waals surface area contributed by atoms with Crippen LogP contribution in [0.15, 0.2) is 0 Å². The maximum Gasteiger partial charge on any atom is 0.303 e. The van der Waals surface area contributed by atoms with Crippen molar-refractivity contribution in [3.8, 4) is 0 Å². The molecule has 0 aromatic rings. The molecule has 64 valence electrons. The second kappa shape index (κ2) is 5.81. The molecule has 0 bridgehead atoms. The zero-order valence-corrected chi connectivity index (χ0v) is 8.01. The van der Waals surface area contributed by atoms with Gasteiger partial charge in [0, 0.05) is 0 Å². The Morgan fingerprint density at radius 1 is 1.30 bits per heavy atom. The largest absolute Gasteiger partial charge is 0.481 e. The van der Waals surface area contributed by atoms with E-state index < -0.39 is 5.97 Å². The molecule has 0 aliphatic carbocycles. The van der Waals surface area contributed by atoms with Crippen molar-refractivity contribution in [3.05, 3.63) is 0 Å². The van der Waals surface area contributed by atoms with E-state index in [2.05, 4.69) is 0 Å². The Hall–Kier alpha value is 0.0500. The highest BCUT2D eigenvalue weighted by Crippen LogP contribution is 2.17. The third-order valence-corrected chi connectivity index (χ3v) is 0.682. The fraction of sp³-hybridized carbons (Fsp3) is 0.833. The molecule has 0 saturated heterocycles. The summed E-state index contributed by atoms with van der Waals surface area (Å²) in [4.78, 5) is 10.0. The molecule has 4 heteroatoms. The molecule has 0 saturated carbocycles. The number of hydrogen-bond acceptors (Lipinski definition) is 1. The van der Waals surface area contributed by atoms with Gasteiger partial charge in [0.05, 0.1) is 6.42 Å². The first-order valence-corrected chi connectivity index (χ1v) is 2.63. The molecule has 0 aromatic carbocycles. The molecule has 0 amide bonds. The van der Waals surface area contributed by atoms with E-state index >= 15 is 0 Å². The van der Waals surface area contributed by atoms with Gasteiger partial charge in [-0.1, -0.05) is 20.8 Å². The summed E-state index contributed by atoms with van der Waals surface area (Å²) in [5.74, 6) is -0.725. The number of halogens is 2. The summed E-state index contributed by atoms with van der Waals surface area (Å²) in [5.41, 5.74) is -0.0775. The Morgan fingerprint density at radius 2 is 1.60 bits per heavy atom. The predicted octanol–water partition coefficient (Wildman–Crippen LogP) is 2.35. The zero-order chi connectivity index (χ0) is 6.78. The van der Waals surface area contributed by atoms with Crippen molar-refractivity contribution in [3.63, 3.8) is 0 Å². The predicted molar refractivity (Wildman–Crippen MR) is 46.2 cm³/mol. The SMILES string of the molecule is CC(C)(C)CC(=O)O.Cl.Cl. The van der Waals surface area contributed by atoms with E-state index in [0.717, 1.165) is 0 Å². The molecule has 10 heavy (non-hydrogen) atoms. The zero-order valence-electron chi connectivity index (χ0n) is 6.38. The maximum atomic E-state index is 10.0. The molecule has 0 unspecified atom stereocenters. The van der Waals surface area contributed by atoms with Gasteiger partial charge in [0.15, 0.2) is 0 Å². The van der Waals surface area contributed by atoms with Gasteiger partial charge in [0.2, 0.25) is 0 Å². The quantitative estimate of drug-likeness (QED) is 0.687. The Morgan fingerprint density at radius 3 is 1.60 bits per heavy atom. The van der Waals surface area contributed by atoms with Crippen molar-refractivity contribution < 1.29 is 9.90 Å². The Kier molecular flexibility index (Phi) is 9.62. The highest BCUT2D eigenvalue weighted by molar-refractivity contribution is 5.85. The van der Waals surface area contributed by atoms with Crippen LogP contribution in [0.25, 0.3) is 0 Å². The van der Waals surface area contributed by atoms with Gasteiger partial charge in [-0.25, -0.2) is 0 Å². The van der Waals surface area contributed by atoms with E-state index in [0.29, 0.717) is 0 Å². The number of carbonyl (C=O) groups is 1. The topological polar surface area (TPSA) is 37.3 Å². The minimum Gasteiger partial charge on any atom is -0.481 e. The van der Waals surface area contributed by atoms with Crippen molar-refractivity contribution in [1.82, 2.24) is 0 Å². The lowest BCUT2D eigenvalue weighted by atomic mass is 9.93. The van der Waals surface area contributed by atoms with Gasteiger partial charge in [0.1, 0.15) is 0 Å². The third-order valence-electron chi connectivity index (χ3n) is 0.682. The summed E-state index contributed by atoms with van der Waals surface area (Å²) in [6, 6.07) is 0. The minimum absolute atomic E-state index is 0. The molecule has 0 radical (unpaired) electrons. The van der Waals surface area contributed by atoms with Crippen molar-refractivity contribution in [1.29, 1.82) is 0 Å². The van der Waals surface area contributed by atoms with Gasteiger partial charge in [0.25, 0.3) is 0 Å². The van der Waals surface area contributed by atoms with Crippen LogP contribution in [-0.4, -0.2) is 11.1 Å². The van der Waals surface area contributed by atoms with E-state index in [9.17, 15) is 4.79 Å². The van der Waals surface area contributed by atoms with Crippen LogP contribution in [0.3, 0.4) is 0 Å². The Labute approximate surface area is 73.8 Å². The summed E-state index contributed by atoms with van der Waals surface area (Å²) in [6.45, 7) is 5.71. The second-order valence-corrected chi connectivity index (χ2v) is 3.13. The van der Waals surface area contributed by atoms with E-state index in [1.807, 2.05) is 20.8 Å². The van der Waals surface area contributed by atoms with Gasteiger partial charge in [-0.2, -0.15) is 0 Å². The van der Waals surface area contributed by atoms with E-state index in [1.54, 1.807) is 0 Å². The van der Waals surface area contributed by atoms with E-state index in [1.165, 1.54) is 0 Å². The molecule has 0 atom stereocenters. The van der Waals surface area contributed by atoms with Crippen molar-refractivity contribution in [2.24, 2.45) is 5.41 Å². The summed E-state index contributed by atoms with van der Waals surface area (Å²) in [6.07, 6.45) is 0.243. The average Bonchev–Trinajstić information content (AvgIpc) is 1.21. The molecule has 0 spiro atoms. The van der Waals surface area contributed by atoms with Crippen LogP contribution >= 0.6 is 24.8 Å². The molecule has 0 aromatic heterocycles. The molecule has 0 aliphatic heterocycles. The van der Waals surface area contributed by atoms with Gasteiger partial charge < -0.3 is 5.11 Å². The molecule has 0 heterocycles. The molecular weight excluding hydrogens is 175 g/mol. The fourth-order valence-electron chi connectivity index (χ4n) is 0.454. The summed E-state index contributed by atoms with van der Waals surface area (Å²) >= 11 is 0. The van der Waals surface area contributed by atoms with Crippen molar-refractivity contribution in [2.75, 3.05) is 0 Å². The summed E-state index contributed by atoms with van der Waals surface area (Å²) in [5, 5.41) is 8.25. The molecule has 0 aliphatic rings. The maximum absolute atomic E-state index is 10.0. The van der Waals surface area contributed by atoms with Crippen LogP contribution in [0, 0.1) is 5.41 Å². The first-order chi connectivity index (χ1) is 3.42. The van der Waals surface area contributed by atoms with Gasteiger partial charge in [-0.05, 0) is 5.41 Å². The third kappa shape index (κ3) is 15.7. The minimum atomic E-state index is -0.725. The highest BCUT2D eigenvalue weighted by Gasteiger charge is 2.13. The fourth-order valence-corrected chi connectivity index (χ4v) is 0.454. The number of carboxylic acids is 1. The lowest BCUT2D eigenvalue weighted by Crippen LogP contribution is -2.11. The van der Waals surface area contributed by atoms with Gasteiger partial charge in [-0.15, -0.1) is 24.8 Å². The molecule has 0 rings (SSSR count). The average molecular weight is 189 g/mol. The first kappa shape index (κ1) is 16.6. The van der Waals surface area contributed by atoms with Crippen LogP contribution < -0.4 is 0 Å². The van der Waals surface area contributed by atoms with Crippen LogP contribution in [0.4, 0.5) is 0 Å². The van der Waals surface area contributed by atoms with Crippen molar-refractivity contribution >= 4 is 30.8 Å². The number of aliphatic carboxylic acids is 1. The highest BCUT2D eigenvalue weighted by atomic mass is 35.5. The summed E-state index contributed by atoms with van der Waals surface area (Å²) < 4.78 is 0. The van der Waals surface area contributed by atoms with Gasteiger partial charge >= 0.3 is 5.97 Å². The molecular formula is C6H14Cl2O2. The standard InChI is InChI=1S/C6H12O2.2ClH/c1-6(2,3)4-5(7)8;;/h4H2,1-3H3,(H,7,8);2*1H. The van der Waals surface area contributed by atoms with Crippen LogP contribution in [0.5, 0.6) is 0 Å². The van der Waals surface area contributed by atoms with E-state index in [-0.39, 0.29) is 36.6 Å². The second-order valence-electron chi connectivity index (χ2n) is 3.13. The lowest BCUT2D eigenvalue weighted by Gasteiger charge is -2.13. The Balaban J connectivity index is -0.000000245. The monoisotopic (exact) mass is 188 g/mol. The number of carboxylic acid groups (broad SMARTS) is 1. The Bertz CT molecular complexity index is 96.4.